The molecular weight excluding hydrogens is 334 g/mol. The SMILES string of the molecule is [N-]=[N+]=N[C@H]1CO[C@@H](COC(=O)c2ccccc2)[C@H]1OCc1ccccc1. The van der Waals surface area contributed by atoms with Crippen LogP contribution in [0, 0.1) is 0 Å². The van der Waals surface area contributed by atoms with Crippen molar-refractivity contribution in [3.63, 3.8) is 0 Å². The maximum absolute atomic E-state index is 12.1. The number of nitrogens with zero attached hydrogens (tertiary/aromatic N) is 3. The molecule has 7 heteroatoms. The number of benzene rings is 2. The summed E-state index contributed by atoms with van der Waals surface area (Å²) in [6.45, 7) is 0.622. The van der Waals surface area contributed by atoms with Crippen molar-refractivity contribution in [2.75, 3.05) is 13.2 Å². The van der Waals surface area contributed by atoms with Crippen molar-refractivity contribution in [3.8, 4) is 0 Å². The minimum atomic E-state index is -0.484. The average molecular weight is 353 g/mol. The third-order valence-electron chi connectivity index (χ3n) is 4.10. The first kappa shape index (κ1) is 17.9. The first-order valence-corrected chi connectivity index (χ1v) is 8.31. The van der Waals surface area contributed by atoms with E-state index in [9.17, 15) is 4.79 Å². The summed E-state index contributed by atoms with van der Waals surface area (Å²) in [5, 5.41) is 3.74. The second-order valence-electron chi connectivity index (χ2n) is 5.87. The molecule has 0 N–H and O–H groups in total. The largest absolute Gasteiger partial charge is 0.459 e. The second kappa shape index (κ2) is 9.01. The fourth-order valence-corrected chi connectivity index (χ4v) is 2.77. The molecule has 1 aliphatic rings. The number of hydrogen-bond acceptors (Lipinski definition) is 5. The Kier molecular flexibility index (Phi) is 6.22. The molecule has 0 aliphatic carbocycles. The Morgan fingerprint density at radius 3 is 2.54 bits per heavy atom. The molecule has 0 bridgehead atoms. The molecule has 2 aromatic rings. The van der Waals surface area contributed by atoms with E-state index >= 15 is 0 Å². The lowest BCUT2D eigenvalue weighted by Crippen LogP contribution is -2.35. The summed E-state index contributed by atoms with van der Waals surface area (Å²) >= 11 is 0. The first-order chi connectivity index (χ1) is 12.8. The van der Waals surface area contributed by atoms with Crippen molar-refractivity contribution in [3.05, 3.63) is 82.2 Å². The molecule has 0 unspecified atom stereocenters. The van der Waals surface area contributed by atoms with Gasteiger partial charge in [0.1, 0.15) is 12.7 Å². The quantitative estimate of drug-likeness (QED) is 0.329. The van der Waals surface area contributed by atoms with E-state index in [0.717, 1.165) is 5.56 Å². The number of carbonyl (C=O) groups excluding carboxylic acids is 1. The minimum Gasteiger partial charge on any atom is -0.459 e. The van der Waals surface area contributed by atoms with E-state index in [-0.39, 0.29) is 13.2 Å². The van der Waals surface area contributed by atoms with Crippen LogP contribution in [-0.4, -0.2) is 37.4 Å². The number of esters is 1. The van der Waals surface area contributed by atoms with Gasteiger partial charge in [0.15, 0.2) is 0 Å². The normalized spacial score (nSPS) is 21.8. The van der Waals surface area contributed by atoms with Gasteiger partial charge in [-0.2, -0.15) is 0 Å². The zero-order chi connectivity index (χ0) is 18.2. The molecular formula is C19H19N3O4. The topological polar surface area (TPSA) is 93.5 Å². The van der Waals surface area contributed by atoms with Gasteiger partial charge < -0.3 is 14.2 Å². The Morgan fingerprint density at radius 2 is 1.85 bits per heavy atom. The van der Waals surface area contributed by atoms with Crippen molar-refractivity contribution in [1.82, 2.24) is 0 Å². The first-order valence-electron chi connectivity index (χ1n) is 8.31. The Hall–Kier alpha value is -2.86. The zero-order valence-corrected chi connectivity index (χ0v) is 14.1. The van der Waals surface area contributed by atoms with Gasteiger partial charge in [-0.3, -0.25) is 0 Å². The molecule has 1 saturated heterocycles. The van der Waals surface area contributed by atoms with Crippen LogP contribution in [0.3, 0.4) is 0 Å². The molecule has 1 heterocycles. The Morgan fingerprint density at radius 1 is 1.15 bits per heavy atom. The summed E-state index contributed by atoms with van der Waals surface area (Å²) in [5.41, 5.74) is 10.2. The maximum Gasteiger partial charge on any atom is 0.338 e. The molecule has 2 aromatic carbocycles. The van der Waals surface area contributed by atoms with Gasteiger partial charge in [0.05, 0.1) is 30.9 Å². The second-order valence-corrected chi connectivity index (χ2v) is 5.87. The van der Waals surface area contributed by atoms with Gasteiger partial charge in [0, 0.05) is 4.91 Å². The average Bonchev–Trinajstić information content (AvgIpc) is 3.08. The van der Waals surface area contributed by atoms with Crippen LogP contribution in [0.2, 0.25) is 0 Å². The van der Waals surface area contributed by atoms with Gasteiger partial charge in [0.25, 0.3) is 0 Å². The lowest BCUT2D eigenvalue weighted by Gasteiger charge is -2.21. The van der Waals surface area contributed by atoms with Crippen LogP contribution in [0.25, 0.3) is 10.4 Å². The number of carbonyl (C=O) groups is 1. The summed E-state index contributed by atoms with van der Waals surface area (Å²) in [7, 11) is 0. The van der Waals surface area contributed by atoms with Gasteiger partial charge in [-0.25, -0.2) is 4.79 Å². The van der Waals surface area contributed by atoms with Crippen LogP contribution in [0.5, 0.6) is 0 Å². The van der Waals surface area contributed by atoms with Crippen LogP contribution < -0.4 is 0 Å². The number of rotatable bonds is 7. The molecule has 0 aromatic heterocycles. The zero-order valence-electron chi connectivity index (χ0n) is 14.1. The van der Waals surface area contributed by atoms with Gasteiger partial charge in [0.2, 0.25) is 0 Å². The fraction of sp³-hybridized carbons (Fsp3) is 0.316. The van der Waals surface area contributed by atoms with Gasteiger partial charge in [-0.05, 0) is 23.2 Å². The number of hydrogen-bond donors (Lipinski definition) is 0. The molecule has 3 rings (SSSR count). The predicted octanol–water partition coefficient (Wildman–Crippen LogP) is 3.51. The van der Waals surface area contributed by atoms with Crippen LogP contribution in [0.4, 0.5) is 0 Å². The van der Waals surface area contributed by atoms with Crippen LogP contribution in [0.15, 0.2) is 65.8 Å². The van der Waals surface area contributed by atoms with Crippen molar-refractivity contribution in [2.45, 2.75) is 24.9 Å². The van der Waals surface area contributed by atoms with Crippen molar-refractivity contribution >= 4 is 5.97 Å². The van der Waals surface area contributed by atoms with E-state index < -0.39 is 24.2 Å². The molecule has 3 atom stereocenters. The molecule has 0 amide bonds. The van der Waals surface area contributed by atoms with Crippen molar-refractivity contribution in [2.24, 2.45) is 5.11 Å². The standard InChI is InChI=1S/C19H19N3O4/c20-22-21-16-12-24-17(13-26-19(23)15-9-5-2-6-10-15)18(16)25-11-14-7-3-1-4-8-14/h1-10,16-18H,11-13H2/t16-,17-,18-/m0/s1. The number of azide groups is 1. The van der Waals surface area contributed by atoms with Crippen LogP contribution in [-0.2, 0) is 20.8 Å². The monoisotopic (exact) mass is 353 g/mol. The van der Waals surface area contributed by atoms with E-state index in [1.54, 1.807) is 24.3 Å². The van der Waals surface area contributed by atoms with E-state index in [1.807, 2.05) is 36.4 Å². The van der Waals surface area contributed by atoms with Crippen LogP contribution in [0.1, 0.15) is 15.9 Å². The predicted molar refractivity (Wildman–Crippen MR) is 94.4 cm³/mol. The van der Waals surface area contributed by atoms with E-state index in [0.29, 0.717) is 12.2 Å². The third kappa shape index (κ3) is 4.61. The lowest BCUT2D eigenvalue weighted by molar-refractivity contribution is -0.0485. The Bertz CT molecular complexity index is 763. The Labute approximate surface area is 151 Å². The third-order valence-corrected chi connectivity index (χ3v) is 4.10. The van der Waals surface area contributed by atoms with Crippen molar-refractivity contribution < 1.29 is 19.0 Å². The lowest BCUT2D eigenvalue weighted by atomic mass is 10.1. The highest BCUT2D eigenvalue weighted by atomic mass is 16.6. The molecule has 7 nitrogen and oxygen atoms in total. The molecule has 134 valence electrons. The summed E-state index contributed by atoms with van der Waals surface area (Å²) in [6, 6.07) is 18.0. The summed E-state index contributed by atoms with van der Waals surface area (Å²) in [4.78, 5) is 15.0. The van der Waals surface area contributed by atoms with Gasteiger partial charge in [-0.1, -0.05) is 53.6 Å². The summed E-state index contributed by atoms with van der Waals surface area (Å²) in [5.74, 6) is -0.428. The van der Waals surface area contributed by atoms with Gasteiger partial charge in [-0.15, -0.1) is 0 Å². The highest BCUT2D eigenvalue weighted by molar-refractivity contribution is 5.89. The Balaban J connectivity index is 1.60. The summed E-state index contributed by atoms with van der Waals surface area (Å²) < 4.78 is 16.9. The molecule has 0 radical (unpaired) electrons. The van der Waals surface area contributed by atoms with Crippen molar-refractivity contribution in [1.29, 1.82) is 0 Å². The van der Waals surface area contributed by atoms with E-state index in [4.69, 9.17) is 19.7 Å². The molecule has 0 spiro atoms. The molecule has 1 aliphatic heterocycles. The maximum atomic E-state index is 12.1. The van der Waals surface area contributed by atoms with Gasteiger partial charge >= 0.3 is 5.97 Å². The van der Waals surface area contributed by atoms with Crippen LogP contribution >= 0.6 is 0 Å². The highest BCUT2D eigenvalue weighted by Crippen LogP contribution is 2.23. The highest BCUT2D eigenvalue weighted by Gasteiger charge is 2.38. The molecule has 0 saturated carbocycles. The minimum absolute atomic E-state index is 0.0324. The fourth-order valence-electron chi connectivity index (χ4n) is 2.77. The summed E-state index contributed by atoms with van der Waals surface area (Å²) in [6.07, 6.45) is -0.962. The number of ether oxygens (including phenoxy) is 3. The smallest absolute Gasteiger partial charge is 0.338 e. The van der Waals surface area contributed by atoms with E-state index in [2.05, 4.69) is 10.0 Å². The molecule has 26 heavy (non-hydrogen) atoms. The molecule has 1 fully saturated rings. The van der Waals surface area contributed by atoms with E-state index in [1.165, 1.54) is 0 Å².